The summed E-state index contributed by atoms with van der Waals surface area (Å²) >= 11 is 6.49. The van der Waals surface area contributed by atoms with Gasteiger partial charge < -0.3 is 5.11 Å². The van der Waals surface area contributed by atoms with Gasteiger partial charge in [0.15, 0.2) is 3.95 Å². The number of aromatic hydroxyl groups is 1. The molecule has 2 N–H and O–H groups in total. The van der Waals surface area contributed by atoms with Crippen LogP contribution in [0.3, 0.4) is 0 Å². The number of carbonyl (C=O) groups excluding carboxylic acids is 1. The van der Waals surface area contributed by atoms with Gasteiger partial charge in [-0.1, -0.05) is 29.5 Å². The Labute approximate surface area is 146 Å². The smallest absolute Gasteiger partial charge is 0.271 e. The molecule has 8 heteroatoms. The van der Waals surface area contributed by atoms with Crippen LogP contribution in [0.5, 0.6) is 5.88 Å². The van der Waals surface area contributed by atoms with Crippen LogP contribution in [0.15, 0.2) is 60.0 Å². The second-order valence-corrected chi connectivity index (χ2v) is 6.34. The van der Waals surface area contributed by atoms with Crippen LogP contribution in [0.4, 0.5) is 0 Å². The average molecular weight is 356 g/mol. The second-order valence-electron chi connectivity index (χ2n) is 4.66. The zero-order valence-corrected chi connectivity index (χ0v) is 13.9. The van der Waals surface area contributed by atoms with E-state index in [1.807, 2.05) is 30.3 Å². The minimum atomic E-state index is -0.362. The molecule has 3 aromatic rings. The molecule has 0 unspecified atom stereocenters. The van der Waals surface area contributed by atoms with Gasteiger partial charge in [-0.2, -0.15) is 5.10 Å². The van der Waals surface area contributed by atoms with Gasteiger partial charge >= 0.3 is 0 Å². The number of hydrogen-bond acceptors (Lipinski definition) is 6. The summed E-state index contributed by atoms with van der Waals surface area (Å²) in [6.45, 7) is 0. The van der Waals surface area contributed by atoms with E-state index in [4.69, 9.17) is 12.2 Å². The predicted molar refractivity (Wildman–Crippen MR) is 95.4 cm³/mol. The van der Waals surface area contributed by atoms with E-state index in [0.717, 1.165) is 5.69 Å². The third-order valence-corrected chi connectivity index (χ3v) is 4.41. The molecule has 0 saturated carbocycles. The van der Waals surface area contributed by atoms with Crippen LogP contribution in [-0.4, -0.2) is 26.8 Å². The molecule has 1 aromatic carbocycles. The monoisotopic (exact) mass is 356 g/mol. The van der Waals surface area contributed by atoms with E-state index in [-0.39, 0.29) is 11.8 Å². The van der Waals surface area contributed by atoms with Crippen LogP contribution in [0.2, 0.25) is 0 Å². The van der Waals surface area contributed by atoms with Gasteiger partial charge in [0.25, 0.3) is 5.91 Å². The quantitative estimate of drug-likeness (QED) is 0.428. The predicted octanol–water partition coefficient (Wildman–Crippen LogP) is 3.13. The van der Waals surface area contributed by atoms with Crippen molar-refractivity contribution < 1.29 is 9.90 Å². The number of pyridine rings is 1. The molecule has 24 heavy (non-hydrogen) atoms. The van der Waals surface area contributed by atoms with Crippen molar-refractivity contribution >= 4 is 35.7 Å². The van der Waals surface area contributed by atoms with Gasteiger partial charge in [0.1, 0.15) is 4.88 Å². The molecule has 0 spiro atoms. The fourth-order valence-electron chi connectivity index (χ4n) is 1.99. The number of hydrazone groups is 1. The Kier molecular flexibility index (Phi) is 4.78. The van der Waals surface area contributed by atoms with Gasteiger partial charge in [0, 0.05) is 18.0 Å². The molecule has 0 aliphatic rings. The lowest BCUT2D eigenvalue weighted by Crippen LogP contribution is -2.17. The summed E-state index contributed by atoms with van der Waals surface area (Å²) in [6, 6.07) is 12.4. The Morgan fingerprint density at radius 3 is 2.67 bits per heavy atom. The molecule has 0 saturated heterocycles. The lowest BCUT2D eigenvalue weighted by atomic mass is 10.3. The van der Waals surface area contributed by atoms with E-state index in [1.54, 1.807) is 16.7 Å². The topological polar surface area (TPSA) is 79.5 Å². The molecule has 0 radical (unpaired) electrons. The van der Waals surface area contributed by atoms with Crippen LogP contribution in [-0.2, 0) is 0 Å². The summed E-state index contributed by atoms with van der Waals surface area (Å²) in [4.78, 5) is 16.2. The van der Waals surface area contributed by atoms with Crippen molar-refractivity contribution in [2.24, 2.45) is 5.10 Å². The number of thiazole rings is 1. The fourth-order valence-corrected chi connectivity index (χ4v) is 3.21. The highest BCUT2D eigenvalue weighted by atomic mass is 32.1. The molecule has 0 atom stereocenters. The first-order chi connectivity index (χ1) is 11.7. The summed E-state index contributed by atoms with van der Waals surface area (Å²) in [5, 5.41) is 14.2. The third-order valence-electron chi connectivity index (χ3n) is 3.12. The van der Waals surface area contributed by atoms with E-state index < -0.39 is 0 Å². The third kappa shape index (κ3) is 3.39. The highest BCUT2D eigenvalue weighted by Crippen LogP contribution is 2.27. The van der Waals surface area contributed by atoms with E-state index in [1.165, 1.54) is 29.9 Å². The van der Waals surface area contributed by atoms with Crippen LogP contribution >= 0.6 is 23.6 Å². The van der Waals surface area contributed by atoms with Gasteiger partial charge in [0.05, 0.1) is 11.9 Å². The number of nitrogens with zero attached hydrogens (tertiary/aromatic N) is 3. The van der Waals surface area contributed by atoms with Crippen LogP contribution < -0.4 is 5.43 Å². The first-order valence-electron chi connectivity index (χ1n) is 6.90. The maximum Gasteiger partial charge on any atom is 0.271 e. The van der Waals surface area contributed by atoms with Gasteiger partial charge in [-0.3, -0.25) is 14.3 Å². The van der Waals surface area contributed by atoms with E-state index in [0.29, 0.717) is 14.4 Å². The highest BCUT2D eigenvalue weighted by molar-refractivity contribution is 7.73. The van der Waals surface area contributed by atoms with Crippen molar-refractivity contribution in [1.29, 1.82) is 0 Å². The van der Waals surface area contributed by atoms with Crippen molar-refractivity contribution in [3.05, 3.63) is 69.3 Å². The number of rotatable bonds is 4. The maximum atomic E-state index is 11.9. The Bertz CT molecular complexity index is 934. The first kappa shape index (κ1) is 16.0. The molecule has 0 aliphatic heterocycles. The Morgan fingerprint density at radius 2 is 1.96 bits per heavy atom. The summed E-state index contributed by atoms with van der Waals surface area (Å²) in [6.07, 6.45) is 4.42. The molecule has 2 aromatic heterocycles. The lowest BCUT2D eigenvalue weighted by molar-refractivity contribution is 0.0955. The zero-order valence-electron chi connectivity index (χ0n) is 12.3. The molecule has 120 valence electrons. The summed E-state index contributed by atoms with van der Waals surface area (Å²) in [5.41, 5.74) is 3.60. The van der Waals surface area contributed by atoms with Crippen LogP contribution in [0.25, 0.3) is 5.69 Å². The summed E-state index contributed by atoms with van der Waals surface area (Å²) in [7, 11) is 0. The zero-order chi connectivity index (χ0) is 16.9. The maximum absolute atomic E-state index is 11.9. The average Bonchev–Trinajstić information content (AvgIpc) is 2.90. The lowest BCUT2D eigenvalue weighted by Gasteiger charge is -2.03. The molecular formula is C16H12N4O2S2. The highest BCUT2D eigenvalue weighted by Gasteiger charge is 2.11. The number of amides is 1. The van der Waals surface area contributed by atoms with E-state index >= 15 is 0 Å². The van der Waals surface area contributed by atoms with E-state index in [2.05, 4.69) is 15.5 Å². The van der Waals surface area contributed by atoms with Crippen LogP contribution in [0, 0.1) is 3.95 Å². The van der Waals surface area contributed by atoms with Crippen molar-refractivity contribution in [3.63, 3.8) is 0 Å². The van der Waals surface area contributed by atoms with Crippen molar-refractivity contribution in [2.75, 3.05) is 0 Å². The number of hydrogen-bond donors (Lipinski definition) is 2. The standard InChI is InChI=1S/C16H12N4O2S2/c21-14(11-6-8-17-9-7-11)19-18-10-13-15(22)20(16(23)24-13)12-4-2-1-3-5-12/h1-10,22H,(H,19,21)/b18-10+. The molecule has 3 rings (SSSR count). The Morgan fingerprint density at radius 1 is 1.25 bits per heavy atom. The molecule has 0 aliphatic carbocycles. The van der Waals surface area contributed by atoms with Crippen molar-refractivity contribution in [2.45, 2.75) is 0 Å². The second kappa shape index (κ2) is 7.16. The number of para-hydroxylation sites is 1. The minimum Gasteiger partial charge on any atom is -0.493 e. The molecule has 0 fully saturated rings. The normalized spacial score (nSPS) is 10.8. The van der Waals surface area contributed by atoms with Crippen LogP contribution in [0.1, 0.15) is 15.2 Å². The summed E-state index contributed by atoms with van der Waals surface area (Å²) < 4.78 is 2.03. The number of carbonyl (C=O) groups is 1. The number of aromatic nitrogens is 2. The molecule has 1 amide bonds. The van der Waals surface area contributed by atoms with Gasteiger partial charge in [0.2, 0.25) is 5.88 Å². The van der Waals surface area contributed by atoms with Gasteiger partial charge in [-0.25, -0.2) is 5.43 Å². The molecule has 6 nitrogen and oxygen atoms in total. The van der Waals surface area contributed by atoms with Crippen molar-refractivity contribution in [1.82, 2.24) is 15.0 Å². The largest absolute Gasteiger partial charge is 0.493 e. The minimum absolute atomic E-state index is 0.0156. The Balaban J connectivity index is 1.79. The summed E-state index contributed by atoms with van der Waals surface area (Å²) in [5.74, 6) is -0.377. The van der Waals surface area contributed by atoms with Crippen molar-refractivity contribution in [3.8, 4) is 11.6 Å². The fraction of sp³-hybridized carbons (Fsp3) is 0. The van der Waals surface area contributed by atoms with Gasteiger partial charge in [-0.05, 0) is 36.5 Å². The number of benzene rings is 1. The first-order valence-corrected chi connectivity index (χ1v) is 8.13. The van der Waals surface area contributed by atoms with E-state index in [9.17, 15) is 9.90 Å². The SMILES string of the molecule is O=C(N/N=C/c1sc(=S)n(-c2ccccc2)c1O)c1ccncc1. The number of nitrogens with one attached hydrogen (secondary N) is 1. The molecule has 0 bridgehead atoms. The Hall–Kier alpha value is -2.84. The molecular weight excluding hydrogens is 344 g/mol. The molecule has 2 heterocycles. The van der Waals surface area contributed by atoms with Gasteiger partial charge in [-0.15, -0.1) is 0 Å².